The molecule has 1 amide bonds. The Hall–Kier alpha value is -2.36. The smallest absolute Gasteiger partial charge is 0.244 e. The van der Waals surface area contributed by atoms with E-state index in [4.69, 9.17) is 0 Å². The number of thioether (sulfide) groups is 1. The molecule has 0 aliphatic carbocycles. The van der Waals surface area contributed by atoms with Gasteiger partial charge in [0.1, 0.15) is 0 Å². The number of nitrogens with one attached hydrogen (secondary N) is 1. The normalized spacial score (nSPS) is 15.4. The van der Waals surface area contributed by atoms with E-state index in [1.54, 1.807) is 29.2 Å². The van der Waals surface area contributed by atoms with Gasteiger partial charge in [0.2, 0.25) is 15.9 Å². The van der Waals surface area contributed by atoms with Gasteiger partial charge >= 0.3 is 0 Å². The first-order valence-corrected chi connectivity index (χ1v) is 11.3. The van der Waals surface area contributed by atoms with Crippen molar-refractivity contribution in [3.63, 3.8) is 0 Å². The van der Waals surface area contributed by atoms with E-state index in [1.165, 1.54) is 16.1 Å². The molecule has 1 saturated heterocycles. The molecule has 1 aliphatic rings. The Balaban J connectivity index is 1.38. The van der Waals surface area contributed by atoms with Crippen LogP contribution in [-0.2, 0) is 14.8 Å². The molecular weight excluding hydrogens is 396 g/mol. The molecular formula is C19H20N4O3S2. The SMILES string of the molecule is Cc1ccc(S(=O)(=O)N2CCN(C(=O)CSc3nc4ccccc4[nH]3)C2)cc1. The summed E-state index contributed by atoms with van der Waals surface area (Å²) in [5.74, 6) is 0.102. The second-order valence-electron chi connectivity index (χ2n) is 6.64. The third-order valence-corrected chi connectivity index (χ3v) is 7.36. The van der Waals surface area contributed by atoms with E-state index < -0.39 is 10.0 Å². The number of hydrogen-bond donors (Lipinski definition) is 1. The lowest BCUT2D eigenvalue weighted by Crippen LogP contribution is -2.34. The zero-order chi connectivity index (χ0) is 19.7. The van der Waals surface area contributed by atoms with Gasteiger partial charge in [-0.2, -0.15) is 4.31 Å². The first-order valence-electron chi connectivity index (χ1n) is 8.85. The minimum atomic E-state index is -3.59. The number of fused-ring (bicyclic) bond motifs is 1. The number of aryl methyl sites for hydroxylation is 1. The minimum absolute atomic E-state index is 0.0791. The fourth-order valence-electron chi connectivity index (χ4n) is 3.04. The largest absolute Gasteiger partial charge is 0.333 e. The van der Waals surface area contributed by atoms with Crippen LogP contribution < -0.4 is 0 Å². The number of carbonyl (C=O) groups excluding carboxylic acids is 1. The van der Waals surface area contributed by atoms with Crippen molar-refractivity contribution >= 4 is 38.7 Å². The van der Waals surface area contributed by atoms with Crippen LogP contribution in [-0.4, -0.2) is 59.0 Å². The Morgan fingerprint density at radius 1 is 1.14 bits per heavy atom. The Bertz CT molecular complexity index is 1080. The van der Waals surface area contributed by atoms with Crippen LogP contribution in [0.4, 0.5) is 0 Å². The molecule has 1 aliphatic heterocycles. The lowest BCUT2D eigenvalue weighted by Gasteiger charge is -2.18. The predicted octanol–water partition coefficient (Wildman–Crippen LogP) is 2.45. The fraction of sp³-hybridized carbons (Fsp3) is 0.263. The molecule has 0 spiro atoms. The van der Waals surface area contributed by atoms with Gasteiger partial charge in [-0.05, 0) is 31.2 Å². The summed E-state index contributed by atoms with van der Waals surface area (Å²) in [6.45, 7) is 2.68. The number of sulfonamides is 1. The van der Waals surface area contributed by atoms with Gasteiger partial charge in [0.25, 0.3) is 0 Å². The second-order valence-corrected chi connectivity index (χ2v) is 9.54. The highest BCUT2D eigenvalue weighted by Gasteiger charge is 2.33. The van der Waals surface area contributed by atoms with Crippen LogP contribution >= 0.6 is 11.8 Å². The zero-order valence-electron chi connectivity index (χ0n) is 15.3. The zero-order valence-corrected chi connectivity index (χ0v) is 17.0. The molecule has 1 N–H and O–H groups in total. The summed E-state index contributed by atoms with van der Waals surface area (Å²) in [5.41, 5.74) is 2.78. The summed E-state index contributed by atoms with van der Waals surface area (Å²) in [4.78, 5) is 22.0. The van der Waals surface area contributed by atoms with E-state index in [1.807, 2.05) is 31.2 Å². The van der Waals surface area contributed by atoms with Crippen LogP contribution in [0.3, 0.4) is 0 Å². The first kappa shape index (κ1) is 19.0. The van der Waals surface area contributed by atoms with Crippen LogP contribution in [0.1, 0.15) is 5.56 Å². The van der Waals surface area contributed by atoms with E-state index in [0.717, 1.165) is 16.6 Å². The van der Waals surface area contributed by atoms with Gasteiger partial charge < -0.3 is 9.88 Å². The van der Waals surface area contributed by atoms with Crippen molar-refractivity contribution in [2.75, 3.05) is 25.5 Å². The third-order valence-electron chi connectivity index (χ3n) is 4.66. The lowest BCUT2D eigenvalue weighted by molar-refractivity contribution is -0.127. The molecule has 7 nitrogen and oxygen atoms in total. The van der Waals surface area contributed by atoms with Crippen molar-refractivity contribution in [1.82, 2.24) is 19.2 Å². The Labute approximate surface area is 167 Å². The van der Waals surface area contributed by atoms with Gasteiger partial charge in [-0.15, -0.1) is 0 Å². The maximum Gasteiger partial charge on any atom is 0.244 e. The van der Waals surface area contributed by atoms with Crippen LogP contribution in [0.25, 0.3) is 11.0 Å². The summed E-state index contributed by atoms with van der Waals surface area (Å²) in [6, 6.07) is 14.4. The number of para-hydroxylation sites is 2. The molecule has 0 saturated carbocycles. The summed E-state index contributed by atoms with van der Waals surface area (Å²) in [6.07, 6.45) is 0. The summed E-state index contributed by atoms with van der Waals surface area (Å²) >= 11 is 1.32. The molecule has 0 radical (unpaired) electrons. The standard InChI is InChI=1S/C19H20N4O3S2/c1-14-6-8-15(9-7-14)28(25,26)23-11-10-22(13-23)18(24)12-27-19-20-16-4-2-3-5-17(16)21-19/h2-9H,10-13H2,1H3,(H,20,21). The number of imidazole rings is 1. The van der Waals surface area contributed by atoms with Crippen LogP contribution in [0, 0.1) is 6.92 Å². The van der Waals surface area contributed by atoms with Gasteiger partial charge in [-0.3, -0.25) is 4.79 Å². The highest BCUT2D eigenvalue weighted by molar-refractivity contribution is 7.99. The molecule has 0 unspecified atom stereocenters. The molecule has 2 heterocycles. The average Bonchev–Trinajstić information content (AvgIpc) is 3.34. The monoisotopic (exact) mass is 416 g/mol. The Morgan fingerprint density at radius 3 is 2.64 bits per heavy atom. The number of amides is 1. The number of H-pyrrole nitrogens is 1. The molecule has 4 rings (SSSR count). The molecule has 9 heteroatoms. The Morgan fingerprint density at radius 2 is 1.89 bits per heavy atom. The molecule has 0 atom stereocenters. The highest BCUT2D eigenvalue weighted by Crippen LogP contribution is 2.22. The van der Waals surface area contributed by atoms with Crippen molar-refractivity contribution in [1.29, 1.82) is 0 Å². The summed E-state index contributed by atoms with van der Waals surface area (Å²) < 4.78 is 26.9. The van der Waals surface area contributed by atoms with Crippen molar-refractivity contribution in [3.05, 3.63) is 54.1 Å². The van der Waals surface area contributed by atoms with Crippen molar-refractivity contribution in [2.24, 2.45) is 0 Å². The van der Waals surface area contributed by atoms with Gasteiger partial charge in [0.15, 0.2) is 5.16 Å². The molecule has 146 valence electrons. The average molecular weight is 417 g/mol. The van der Waals surface area contributed by atoms with Crippen molar-refractivity contribution in [2.45, 2.75) is 17.0 Å². The quantitative estimate of drug-likeness (QED) is 0.646. The van der Waals surface area contributed by atoms with E-state index in [9.17, 15) is 13.2 Å². The number of nitrogens with zero attached hydrogens (tertiary/aromatic N) is 3. The maximum absolute atomic E-state index is 12.8. The first-order chi connectivity index (χ1) is 13.4. The number of aromatic nitrogens is 2. The molecule has 3 aromatic rings. The van der Waals surface area contributed by atoms with Crippen molar-refractivity contribution < 1.29 is 13.2 Å². The van der Waals surface area contributed by atoms with Gasteiger partial charge in [-0.1, -0.05) is 41.6 Å². The number of hydrogen-bond acceptors (Lipinski definition) is 5. The van der Waals surface area contributed by atoms with Gasteiger partial charge in [-0.25, -0.2) is 13.4 Å². The molecule has 2 aromatic carbocycles. The lowest BCUT2D eigenvalue weighted by atomic mass is 10.2. The molecule has 28 heavy (non-hydrogen) atoms. The summed E-state index contributed by atoms with van der Waals surface area (Å²) in [5, 5.41) is 0.679. The fourth-order valence-corrected chi connectivity index (χ4v) is 5.22. The molecule has 1 aromatic heterocycles. The predicted molar refractivity (Wildman–Crippen MR) is 108 cm³/mol. The minimum Gasteiger partial charge on any atom is -0.333 e. The van der Waals surface area contributed by atoms with Gasteiger partial charge in [0.05, 0.1) is 28.4 Å². The van der Waals surface area contributed by atoms with Crippen LogP contribution in [0.2, 0.25) is 0 Å². The topological polar surface area (TPSA) is 86.4 Å². The van der Waals surface area contributed by atoms with E-state index in [-0.39, 0.29) is 23.2 Å². The maximum atomic E-state index is 12.8. The Kier molecular flexibility index (Phi) is 5.13. The van der Waals surface area contributed by atoms with Crippen molar-refractivity contribution in [3.8, 4) is 0 Å². The molecule has 1 fully saturated rings. The number of aromatic amines is 1. The van der Waals surface area contributed by atoms with E-state index >= 15 is 0 Å². The second kappa shape index (κ2) is 7.57. The molecule has 0 bridgehead atoms. The van der Waals surface area contributed by atoms with E-state index in [0.29, 0.717) is 18.2 Å². The van der Waals surface area contributed by atoms with Crippen LogP contribution in [0.5, 0.6) is 0 Å². The number of benzene rings is 2. The summed E-state index contributed by atoms with van der Waals surface area (Å²) in [7, 11) is -3.59. The van der Waals surface area contributed by atoms with E-state index in [2.05, 4.69) is 9.97 Å². The third kappa shape index (κ3) is 3.78. The highest BCUT2D eigenvalue weighted by atomic mass is 32.2. The van der Waals surface area contributed by atoms with Gasteiger partial charge in [0, 0.05) is 13.1 Å². The number of rotatable bonds is 5. The van der Waals surface area contributed by atoms with Crippen LogP contribution in [0.15, 0.2) is 58.6 Å². The number of carbonyl (C=O) groups is 1.